The molecule has 5 nitrogen and oxygen atoms in total. The molecule has 1 saturated heterocycles. The van der Waals surface area contributed by atoms with Gasteiger partial charge in [0.05, 0.1) is 10.2 Å². The quantitative estimate of drug-likeness (QED) is 0.922. The molecule has 0 atom stereocenters. The fourth-order valence-corrected chi connectivity index (χ4v) is 2.40. The van der Waals surface area contributed by atoms with Crippen molar-refractivity contribution in [3.05, 3.63) is 22.4 Å². The number of nitrogens with zero attached hydrogens (tertiary/aromatic N) is 2. The molecule has 2 rings (SSSR count). The molecule has 0 saturated carbocycles. The largest absolute Gasteiger partial charge is 0.478 e. The van der Waals surface area contributed by atoms with Gasteiger partial charge in [0.2, 0.25) is 5.91 Å². The lowest BCUT2D eigenvalue weighted by molar-refractivity contribution is -0.130. The van der Waals surface area contributed by atoms with E-state index in [-0.39, 0.29) is 18.0 Å². The van der Waals surface area contributed by atoms with Crippen LogP contribution < -0.4 is 0 Å². The Morgan fingerprint density at radius 2 is 2.00 bits per heavy atom. The lowest BCUT2D eigenvalue weighted by atomic mass is 10.4. The number of aromatic nitrogens is 1. The Kier molecular flexibility index (Phi) is 3.51. The Balaban J connectivity index is 2.07. The van der Waals surface area contributed by atoms with Gasteiger partial charge in [-0.25, -0.2) is 4.79 Å². The maximum atomic E-state index is 11.9. The fourth-order valence-electron chi connectivity index (χ4n) is 1.93. The molecule has 1 aliphatic heterocycles. The maximum Gasteiger partial charge on any atom is 0.337 e. The number of carbonyl (C=O) groups excluding carboxylic acids is 1. The number of likely N-dealkylation sites (tertiary alicyclic amines) is 1. The van der Waals surface area contributed by atoms with Gasteiger partial charge in [-0.15, -0.1) is 0 Å². The summed E-state index contributed by atoms with van der Waals surface area (Å²) in [5.74, 6) is -0.950. The van der Waals surface area contributed by atoms with E-state index in [1.165, 1.54) is 12.3 Å². The van der Waals surface area contributed by atoms with E-state index in [0.717, 1.165) is 25.9 Å². The summed E-state index contributed by atoms with van der Waals surface area (Å²) in [7, 11) is 0. The zero-order valence-electron chi connectivity index (χ0n) is 9.23. The highest BCUT2D eigenvalue weighted by molar-refractivity contribution is 9.10. The first-order chi connectivity index (χ1) is 8.08. The molecule has 0 spiro atoms. The Morgan fingerprint density at radius 1 is 1.35 bits per heavy atom. The van der Waals surface area contributed by atoms with Crippen molar-refractivity contribution in [1.29, 1.82) is 0 Å². The summed E-state index contributed by atoms with van der Waals surface area (Å²) in [4.78, 5) is 24.5. The molecule has 2 heterocycles. The van der Waals surface area contributed by atoms with Crippen molar-refractivity contribution in [2.24, 2.45) is 0 Å². The second kappa shape index (κ2) is 4.91. The molecule has 0 bridgehead atoms. The van der Waals surface area contributed by atoms with Crippen LogP contribution >= 0.6 is 15.9 Å². The van der Waals surface area contributed by atoms with E-state index in [0.29, 0.717) is 4.60 Å². The number of hydrogen-bond acceptors (Lipinski definition) is 2. The topological polar surface area (TPSA) is 62.5 Å². The van der Waals surface area contributed by atoms with Gasteiger partial charge in [-0.1, -0.05) is 0 Å². The smallest absolute Gasteiger partial charge is 0.337 e. The van der Waals surface area contributed by atoms with Gasteiger partial charge in [0.1, 0.15) is 6.54 Å². The SMILES string of the molecule is O=C(O)c1cc(Br)n(CC(=O)N2CCCC2)c1. The van der Waals surface area contributed by atoms with E-state index in [1.54, 1.807) is 4.57 Å². The van der Waals surface area contributed by atoms with Gasteiger partial charge >= 0.3 is 5.97 Å². The summed E-state index contributed by atoms with van der Waals surface area (Å²) in [5, 5.41) is 8.84. The standard InChI is InChI=1S/C11H13BrN2O3/c12-9-5-8(11(16)17)6-14(9)7-10(15)13-3-1-2-4-13/h5-6H,1-4,7H2,(H,16,17). The molecule has 6 heteroatoms. The zero-order valence-corrected chi connectivity index (χ0v) is 10.8. The van der Waals surface area contributed by atoms with Crippen molar-refractivity contribution in [2.75, 3.05) is 13.1 Å². The summed E-state index contributed by atoms with van der Waals surface area (Å²) in [6.45, 7) is 1.81. The average molecular weight is 301 g/mol. The Bertz CT molecular complexity index is 450. The predicted octanol–water partition coefficient (Wildman–Crippen LogP) is 1.57. The minimum atomic E-state index is -0.988. The summed E-state index contributed by atoms with van der Waals surface area (Å²) in [6, 6.07) is 1.50. The molecule has 1 aromatic heterocycles. The molecule has 0 aliphatic carbocycles. The van der Waals surface area contributed by atoms with Crippen molar-refractivity contribution >= 4 is 27.8 Å². The van der Waals surface area contributed by atoms with Crippen LogP contribution in [0.1, 0.15) is 23.2 Å². The number of rotatable bonds is 3. The summed E-state index contributed by atoms with van der Waals surface area (Å²) >= 11 is 3.25. The van der Waals surface area contributed by atoms with Crippen LogP contribution in [0.25, 0.3) is 0 Å². The molecule has 1 N–H and O–H groups in total. The number of hydrogen-bond donors (Lipinski definition) is 1. The van der Waals surface area contributed by atoms with Gasteiger partial charge in [-0.2, -0.15) is 0 Å². The van der Waals surface area contributed by atoms with Gasteiger partial charge in [-0.05, 0) is 34.8 Å². The average Bonchev–Trinajstić information content (AvgIpc) is 2.88. The molecule has 1 amide bonds. The Morgan fingerprint density at radius 3 is 2.53 bits per heavy atom. The monoisotopic (exact) mass is 300 g/mol. The van der Waals surface area contributed by atoms with E-state index in [2.05, 4.69) is 15.9 Å². The Hall–Kier alpha value is -1.30. The van der Waals surface area contributed by atoms with E-state index in [9.17, 15) is 9.59 Å². The third-order valence-electron chi connectivity index (χ3n) is 2.86. The predicted molar refractivity (Wildman–Crippen MR) is 64.9 cm³/mol. The second-order valence-corrected chi connectivity index (χ2v) is 4.88. The molecule has 0 radical (unpaired) electrons. The molecular weight excluding hydrogens is 288 g/mol. The summed E-state index contributed by atoms with van der Waals surface area (Å²) in [5.41, 5.74) is 0.186. The molecule has 17 heavy (non-hydrogen) atoms. The normalized spacial score (nSPS) is 15.2. The van der Waals surface area contributed by atoms with Crippen LogP contribution in [0.15, 0.2) is 16.9 Å². The number of carbonyl (C=O) groups is 2. The first kappa shape index (κ1) is 12.2. The highest BCUT2D eigenvalue weighted by Crippen LogP contribution is 2.16. The summed E-state index contributed by atoms with van der Waals surface area (Å²) < 4.78 is 2.23. The Labute approximate surface area is 107 Å². The minimum Gasteiger partial charge on any atom is -0.478 e. The van der Waals surface area contributed by atoms with Crippen LogP contribution in [0.3, 0.4) is 0 Å². The van der Waals surface area contributed by atoms with E-state index < -0.39 is 5.97 Å². The lowest BCUT2D eigenvalue weighted by Gasteiger charge is -2.15. The molecular formula is C11H13BrN2O3. The van der Waals surface area contributed by atoms with Crippen molar-refractivity contribution < 1.29 is 14.7 Å². The number of aromatic carboxylic acids is 1. The van der Waals surface area contributed by atoms with Crippen LogP contribution in [-0.2, 0) is 11.3 Å². The van der Waals surface area contributed by atoms with Crippen molar-refractivity contribution in [1.82, 2.24) is 9.47 Å². The summed E-state index contributed by atoms with van der Waals surface area (Å²) in [6.07, 6.45) is 3.58. The number of carboxylic acids is 1. The van der Waals surface area contributed by atoms with Gasteiger partial charge in [0, 0.05) is 19.3 Å². The molecule has 1 fully saturated rings. The lowest BCUT2D eigenvalue weighted by Crippen LogP contribution is -2.30. The first-order valence-electron chi connectivity index (χ1n) is 5.44. The second-order valence-electron chi connectivity index (χ2n) is 4.07. The fraction of sp³-hybridized carbons (Fsp3) is 0.455. The van der Waals surface area contributed by atoms with Crippen LogP contribution in [0.4, 0.5) is 0 Å². The van der Waals surface area contributed by atoms with E-state index in [4.69, 9.17) is 5.11 Å². The van der Waals surface area contributed by atoms with Crippen molar-refractivity contribution in [2.45, 2.75) is 19.4 Å². The number of amides is 1. The van der Waals surface area contributed by atoms with Gasteiger partial charge in [0.15, 0.2) is 0 Å². The zero-order chi connectivity index (χ0) is 12.4. The van der Waals surface area contributed by atoms with Crippen LogP contribution in [0, 0.1) is 0 Å². The molecule has 0 aromatic carbocycles. The first-order valence-corrected chi connectivity index (χ1v) is 6.24. The molecule has 92 valence electrons. The number of halogens is 1. The van der Waals surface area contributed by atoms with E-state index >= 15 is 0 Å². The van der Waals surface area contributed by atoms with Gasteiger partial charge in [0.25, 0.3) is 0 Å². The molecule has 1 aliphatic rings. The van der Waals surface area contributed by atoms with E-state index in [1.807, 2.05) is 4.90 Å². The molecule has 1 aromatic rings. The van der Waals surface area contributed by atoms with Crippen LogP contribution in [0.2, 0.25) is 0 Å². The third-order valence-corrected chi connectivity index (χ3v) is 3.54. The van der Waals surface area contributed by atoms with Crippen LogP contribution in [-0.4, -0.2) is 39.5 Å². The van der Waals surface area contributed by atoms with Crippen LogP contribution in [0.5, 0.6) is 0 Å². The van der Waals surface area contributed by atoms with Gasteiger partial charge in [-0.3, -0.25) is 4.79 Å². The number of carboxylic acid groups (broad SMARTS) is 1. The molecule has 0 unspecified atom stereocenters. The van der Waals surface area contributed by atoms with Crippen molar-refractivity contribution in [3.63, 3.8) is 0 Å². The third kappa shape index (κ3) is 2.69. The van der Waals surface area contributed by atoms with Gasteiger partial charge < -0.3 is 14.6 Å². The van der Waals surface area contributed by atoms with Crippen molar-refractivity contribution in [3.8, 4) is 0 Å². The minimum absolute atomic E-state index is 0.0377. The maximum absolute atomic E-state index is 11.9. The highest BCUT2D eigenvalue weighted by Gasteiger charge is 2.19. The highest BCUT2D eigenvalue weighted by atomic mass is 79.9.